The minimum absolute atomic E-state index is 0.696. The van der Waals surface area contributed by atoms with Gasteiger partial charge in [-0.1, -0.05) is 13.8 Å². The molecule has 1 unspecified atom stereocenters. The summed E-state index contributed by atoms with van der Waals surface area (Å²) in [4.78, 5) is 2.67. The van der Waals surface area contributed by atoms with Gasteiger partial charge in [-0.05, 0) is 68.1 Å². The number of hydrogen-bond donors (Lipinski definition) is 0. The highest BCUT2D eigenvalue weighted by atomic mass is 16.3. The lowest BCUT2D eigenvalue weighted by Gasteiger charge is -2.27. The Morgan fingerprint density at radius 2 is 1.79 bits per heavy atom. The summed E-state index contributed by atoms with van der Waals surface area (Å²) in [7, 11) is 0. The number of hydrogen-bond acceptors (Lipinski definition) is 2. The van der Waals surface area contributed by atoms with Crippen molar-refractivity contribution in [2.75, 3.05) is 13.1 Å². The molecule has 2 nitrogen and oxygen atoms in total. The highest BCUT2D eigenvalue weighted by molar-refractivity contribution is 5.79. The quantitative estimate of drug-likeness (QED) is 0.804. The van der Waals surface area contributed by atoms with Crippen LogP contribution in [-0.4, -0.2) is 24.0 Å². The molecule has 0 bridgehead atoms. The van der Waals surface area contributed by atoms with E-state index in [9.17, 15) is 0 Å². The molecule has 0 saturated carbocycles. The van der Waals surface area contributed by atoms with Gasteiger partial charge in [0.25, 0.3) is 0 Å². The van der Waals surface area contributed by atoms with E-state index in [2.05, 4.69) is 36.9 Å². The molecule has 1 aromatic heterocycles. The second kappa shape index (κ2) is 5.38. The summed E-state index contributed by atoms with van der Waals surface area (Å²) < 4.78 is 5.52. The molecule has 1 heterocycles. The Morgan fingerprint density at radius 3 is 2.47 bits per heavy atom. The lowest BCUT2D eigenvalue weighted by molar-refractivity contribution is 0.202. The van der Waals surface area contributed by atoms with Crippen molar-refractivity contribution in [3.63, 3.8) is 0 Å². The van der Waals surface area contributed by atoms with E-state index in [0.717, 1.165) is 5.58 Å². The van der Waals surface area contributed by atoms with E-state index < -0.39 is 0 Å². The fourth-order valence-electron chi connectivity index (χ4n) is 3.37. The molecule has 1 aliphatic rings. The SMILES string of the molecule is CCCN(CCC)C1Cc2cc3ccoc3cc2C1. The second-order valence-corrected chi connectivity index (χ2v) is 5.68. The van der Waals surface area contributed by atoms with Crippen LogP contribution < -0.4 is 0 Å². The molecular weight excluding hydrogens is 234 g/mol. The Morgan fingerprint density at radius 1 is 1.11 bits per heavy atom. The molecule has 0 N–H and O–H groups in total. The van der Waals surface area contributed by atoms with Crippen LogP contribution in [0.25, 0.3) is 11.0 Å². The largest absolute Gasteiger partial charge is 0.464 e. The monoisotopic (exact) mass is 257 g/mol. The van der Waals surface area contributed by atoms with Crippen LogP contribution in [0.3, 0.4) is 0 Å². The molecule has 1 aliphatic carbocycles. The van der Waals surface area contributed by atoms with E-state index in [1.807, 2.05) is 0 Å². The first-order valence-electron chi connectivity index (χ1n) is 7.55. The molecule has 0 saturated heterocycles. The number of benzene rings is 1. The second-order valence-electron chi connectivity index (χ2n) is 5.68. The van der Waals surface area contributed by atoms with Gasteiger partial charge in [-0.2, -0.15) is 0 Å². The van der Waals surface area contributed by atoms with Crippen molar-refractivity contribution in [1.29, 1.82) is 0 Å². The fourth-order valence-corrected chi connectivity index (χ4v) is 3.37. The van der Waals surface area contributed by atoms with Crippen LogP contribution in [-0.2, 0) is 12.8 Å². The summed E-state index contributed by atoms with van der Waals surface area (Å²) in [5, 5.41) is 1.25. The lowest BCUT2D eigenvalue weighted by Crippen LogP contribution is -2.37. The molecular formula is C17H23NO. The smallest absolute Gasteiger partial charge is 0.134 e. The maximum atomic E-state index is 5.52. The lowest BCUT2D eigenvalue weighted by atomic mass is 10.1. The van der Waals surface area contributed by atoms with Crippen LogP contribution in [0.15, 0.2) is 28.9 Å². The number of furan rings is 1. The summed E-state index contributed by atoms with van der Waals surface area (Å²) in [5.41, 5.74) is 4.05. The first kappa shape index (κ1) is 12.7. The van der Waals surface area contributed by atoms with E-state index in [0.29, 0.717) is 6.04 Å². The van der Waals surface area contributed by atoms with E-state index in [1.54, 1.807) is 6.26 Å². The maximum absolute atomic E-state index is 5.52. The zero-order valence-corrected chi connectivity index (χ0v) is 12.0. The number of nitrogens with zero attached hydrogens (tertiary/aromatic N) is 1. The maximum Gasteiger partial charge on any atom is 0.134 e. The highest BCUT2D eigenvalue weighted by Crippen LogP contribution is 2.30. The Balaban J connectivity index is 1.82. The van der Waals surface area contributed by atoms with Crippen molar-refractivity contribution < 1.29 is 4.42 Å². The molecule has 0 radical (unpaired) electrons. The molecule has 0 amide bonds. The zero-order valence-electron chi connectivity index (χ0n) is 12.0. The molecule has 1 atom stereocenters. The number of fused-ring (bicyclic) bond motifs is 2. The van der Waals surface area contributed by atoms with Gasteiger partial charge in [-0.15, -0.1) is 0 Å². The topological polar surface area (TPSA) is 16.4 Å². The zero-order chi connectivity index (χ0) is 13.2. The fraction of sp³-hybridized carbons (Fsp3) is 0.529. The van der Waals surface area contributed by atoms with Crippen molar-refractivity contribution >= 4 is 11.0 Å². The average Bonchev–Trinajstić information content (AvgIpc) is 3.00. The Bertz CT molecular complexity index is 511. The van der Waals surface area contributed by atoms with Crippen molar-refractivity contribution in [3.8, 4) is 0 Å². The summed E-state index contributed by atoms with van der Waals surface area (Å²) in [6.45, 7) is 7.00. The molecule has 1 aromatic carbocycles. The summed E-state index contributed by atoms with van der Waals surface area (Å²) >= 11 is 0. The first-order chi connectivity index (χ1) is 9.31. The molecule has 2 aromatic rings. The Labute approximate surface area is 115 Å². The first-order valence-corrected chi connectivity index (χ1v) is 7.55. The van der Waals surface area contributed by atoms with Crippen LogP contribution >= 0.6 is 0 Å². The van der Waals surface area contributed by atoms with Gasteiger partial charge in [0, 0.05) is 11.4 Å². The summed E-state index contributed by atoms with van der Waals surface area (Å²) in [6.07, 6.45) is 6.67. The third-order valence-electron chi connectivity index (χ3n) is 4.22. The molecule has 19 heavy (non-hydrogen) atoms. The van der Waals surface area contributed by atoms with Gasteiger partial charge in [-0.3, -0.25) is 4.90 Å². The van der Waals surface area contributed by atoms with Gasteiger partial charge in [0.2, 0.25) is 0 Å². The van der Waals surface area contributed by atoms with Gasteiger partial charge in [0.1, 0.15) is 5.58 Å². The van der Waals surface area contributed by atoms with Crippen molar-refractivity contribution in [2.45, 2.75) is 45.6 Å². The van der Waals surface area contributed by atoms with Crippen molar-refractivity contribution in [1.82, 2.24) is 4.90 Å². The van der Waals surface area contributed by atoms with Gasteiger partial charge in [0.15, 0.2) is 0 Å². The molecule has 0 fully saturated rings. The minimum atomic E-state index is 0.696. The summed E-state index contributed by atoms with van der Waals surface area (Å²) in [6, 6.07) is 7.34. The van der Waals surface area contributed by atoms with Gasteiger partial charge < -0.3 is 4.42 Å². The van der Waals surface area contributed by atoms with E-state index in [4.69, 9.17) is 4.42 Å². The van der Waals surface area contributed by atoms with Crippen molar-refractivity contribution in [3.05, 3.63) is 35.6 Å². The minimum Gasteiger partial charge on any atom is -0.464 e. The van der Waals surface area contributed by atoms with Gasteiger partial charge >= 0.3 is 0 Å². The van der Waals surface area contributed by atoms with E-state index >= 15 is 0 Å². The van der Waals surface area contributed by atoms with Crippen LogP contribution in [0.4, 0.5) is 0 Å². The summed E-state index contributed by atoms with van der Waals surface area (Å²) in [5.74, 6) is 0. The van der Waals surface area contributed by atoms with Gasteiger partial charge in [-0.25, -0.2) is 0 Å². The third-order valence-corrected chi connectivity index (χ3v) is 4.22. The van der Waals surface area contributed by atoms with Crippen molar-refractivity contribution in [2.24, 2.45) is 0 Å². The highest BCUT2D eigenvalue weighted by Gasteiger charge is 2.26. The van der Waals surface area contributed by atoms with E-state index in [1.165, 1.54) is 55.3 Å². The Hall–Kier alpha value is -1.28. The average molecular weight is 257 g/mol. The Kier molecular flexibility index (Phi) is 3.61. The van der Waals surface area contributed by atoms with E-state index in [-0.39, 0.29) is 0 Å². The standard InChI is InChI=1S/C17H23NO/c1-3-6-18(7-4-2)16-10-14-9-13-5-8-19-17(13)12-15(14)11-16/h5,8-9,12,16H,3-4,6-7,10-11H2,1-2H3. The van der Waals surface area contributed by atoms with Gasteiger partial charge in [0.05, 0.1) is 6.26 Å². The molecule has 0 spiro atoms. The molecule has 2 heteroatoms. The van der Waals surface area contributed by atoms with Crippen LogP contribution in [0.1, 0.15) is 37.8 Å². The molecule has 102 valence electrons. The number of rotatable bonds is 5. The molecule has 3 rings (SSSR count). The predicted octanol–water partition coefficient (Wildman–Crippen LogP) is 4.02. The molecule has 0 aliphatic heterocycles. The van der Waals surface area contributed by atoms with Crippen LogP contribution in [0.2, 0.25) is 0 Å². The third kappa shape index (κ3) is 2.42. The normalized spacial score (nSPS) is 18.4. The van der Waals surface area contributed by atoms with Crippen LogP contribution in [0.5, 0.6) is 0 Å². The van der Waals surface area contributed by atoms with Crippen LogP contribution in [0, 0.1) is 0 Å². The predicted molar refractivity (Wildman–Crippen MR) is 79.6 cm³/mol.